The van der Waals surface area contributed by atoms with Gasteiger partial charge in [-0.05, 0) is 18.9 Å². The van der Waals surface area contributed by atoms with Crippen molar-refractivity contribution in [2.24, 2.45) is 5.41 Å². The summed E-state index contributed by atoms with van der Waals surface area (Å²) in [6, 6.07) is 7.17. The average Bonchev–Trinajstić information content (AvgIpc) is 3.17. The van der Waals surface area contributed by atoms with Crippen molar-refractivity contribution in [3.05, 3.63) is 34.4 Å². The van der Waals surface area contributed by atoms with E-state index in [0.29, 0.717) is 12.8 Å². The minimum Gasteiger partial charge on any atom is -0.258 e. The molecule has 2 rings (SSSR count). The first-order chi connectivity index (χ1) is 8.90. The first kappa shape index (κ1) is 13.5. The highest BCUT2D eigenvalue weighted by atomic mass is 32.2. The van der Waals surface area contributed by atoms with Gasteiger partial charge in [0.2, 0.25) is 10.0 Å². The van der Waals surface area contributed by atoms with Crippen LogP contribution in [0.1, 0.15) is 12.8 Å². The number of nitriles is 1. The molecule has 1 aromatic rings. The monoisotopic (exact) mass is 281 g/mol. The summed E-state index contributed by atoms with van der Waals surface area (Å²) in [5, 5.41) is 19.7. The predicted molar refractivity (Wildman–Crippen MR) is 65.6 cm³/mol. The van der Waals surface area contributed by atoms with E-state index in [1.54, 1.807) is 0 Å². The second kappa shape index (κ2) is 4.60. The summed E-state index contributed by atoms with van der Waals surface area (Å²) >= 11 is 0. The Bertz CT molecular complexity index is 659. The number of nitro groups is 1. The van der Waals surface area contributed by atoms with E-state index >= 15 is 0 Å². The Balaban J connectivity index is 2.25. The Labute approximate surface area is 110 Å². The van der Waals surface area contributed by atoms with Crippen molar-refractivity contribution in [1.82, 2.24) is 4.72 Å². The number of hydrogen-bond acceptors (Lipinski definition) is 5. The fourth-order valence-corrected chi connectivity index (χ4v) is 2.92. The normalized spacial score (nSPS) is 16.6. The standard InChI is InChI=1S/C11H11N3O4S/c12-7-11(5-6-11)8-13-19(17,18)10-4-2-1-3-9(10)14(15)16/h1-4,13H,5-6,8H2. The molecule has 0 aliphatic heterocycles. The number of nitrogens with one attached hydrogen (secondary N) is 1. The minimum absolute atomic E-state index is 0.0160. The molecule has 1 saturated carbocycles. The zero-order chi connectivity index (χ0) is 14.1. The molecule has 0 radical (unpaired) electrons. The summed E-state index contributed by atoms with van der Waals surface area (Å²) in [6.45, 7) is -0.0160. The van der Waals surface area contributed by atoms with Crippen LogP contribution in [0.2, 0.25) is 0 Å². The smallest absolute Gasteiger partial charge is 0.258 e. The van der Waals surface area contributed by atoms with Gasteiger partial charge >= 0.3 is 0 Å². The zero-order valence-corrected chi connectivity index (χ0v) is 10.7. The summed E-state index contributed by atoms with van der Waals surface area (Å²) in [7, 11) is -3.98. The van der Waals surface area contributed by atoms with Crippen molar-refractivity contribution < 1.29 is 13.3 Å². The molecule has 1 aliphatic carbocycles. The molecule has 0 unspecified atom stereocenters. The Morgan fingerprint density at radius 3 is 2.58 bits per heavy atom. The van der Waals surface area contributed by atoms with Crippen LogP contribution in [-0.2, 0) is 10.0 Å². The van der Waals surface area contributed by atoms with E-state index in [1.165, 1.54) is 18.2 Å². The van der Waals surface area contributed by atoms with E-state index in [9.17, 15) is 18.5 Å². The molecule has 0 aromatic heterocycles. The maximum Gasteiger partial charge on any atom is 0.289 e. The number of nitro benzene ring substituents is 1. The molecule has 1 N–H and O–H groups in total. The lowest BCUT2D eigenvalue weighted by molar-refractivity contribution is -0.387. The maximum atomic E-state index is 12.0. The van der Waals surface area contributed by atoms with Gasteiger partial charge in [0, 0.05) is 12.6 Å². The van der Waals surface area contributed by atoms with Gasteiger partial charge in [0.05, 0.1) is 16.4 Å². The molecule has 0 atom stereocenters. The van der Waals surface area contributed by atoms with E-state index < -0.39 is 26.0 Å². The summed E-state index contributed by atoms with van der Waals surface area (Å²) in [4.78, 5) is 9.67. The fourth-order valence-electron chi connectivity index (χ4n) is 1.63. The molecule has 7 nitrogen and oxygen atoms in total. The summed E-state index contributed by atoms with van der Waals surface area (Å²) in [5.74, 6) is 0. The lowest BCUT2D eigenvalue weighted by atomic mass is 10.1. The van der Waals surface area contributed by atoms with Crippen molar-refractivity contribution in [2.75, 3.05) is 6.54 Å². The van der Waals surface area contributed by atoms with Crippen LogP contribution < -0.4 is 4.72 Å². The van der Waals surface area contributed by atoms with Crippen LogP contribution in [0, 0.1) is 26.9 Å². The summed E-state index contributed by atoms with van der Waals surface area (Å²) < 4.78 is 26.3. The molecule has 1 aromatic carbocycles. The van der Waals surface area contributed by atoms with Gasteiger partial charge < -0.3 is 0 Å². The molecule has 0 heterocycles. The second-order valence-electron chi connectivity index (χ2n) is 4.44. The topological polar surface area (TPSA) is 113 Å². The zero-order valence-electron chi connectivity index (χ0n) is 9.87. The molecule has 1 aliphatic rings. The number of hydrogen-bond donors (Lipinski definition) is 1. The van der Waals surface area contributed by atoms with Crippen molar-refractivity contribution in [3.8, 4) is 6.07 Å². The van der Waals surface area contributed by atoms with Crippen LogP contribution in [0.25, 0.3) is 0 Å². The van der Waals surface area contributed by atoms with Crippen molar-refractivity contribution in [1.29, 1.82) is 5.26 Å². The van der Waals surface area contributed by atoms with Gasteiger partial charge in [0.1, 0.15) is 0 Å². The van der Waals surface area contributed by atoms with Crippen LogP contribution in [-0.4, -0.2) is 19.9 Å². The highest BCUT2D eigenvalue weighted by Gasteiger charge is 2.44. The molecule has 0 amide bonds. The maximum absolute atomic E-state index is 12.0. The first-order valence-corrected chi connectivity index (χ1v) is 7.03. The lowest BCUT2D eigenvalue weighted by Crippen LogP contribution is -2.30. The Kier molecular flexibility index (Phi) is 3.26. The van der Waals surface area contributed by atoms with E-state index in [1.807, 2.05) is 0 Å². The molecule has 1 fully saturated rings. The van der Waals surface area contributed by atoms with Gasteiger partial charge in [-0.25, -0.2) is 13.1 Å². The van der Waals surface area contributed by atoms with E-state index in [4.69, 9.17) is 5.26 Å². The van der Waals surface area contributed by atoms with Gasteiger partial charge in [-0.15, -0.1) is 0 Å². The third-order valence-electron chi connectivity index (χ3n) is 3.04. The quantitative estimate of drug-likeness (QED) is 0.643. The van der Waals surface area contributed by atoms with Crippen LogP contribution in [0.4, 0.5) is 5.69 Å². The largest absolute Gasteiger partial charge is 0.289 e. The number of rotatable bonds is 5. The van der Waals surface area contributed by atoms with Gasteiger partial charge in [0.15, 0.2) is 4.90 Å². The summed E-state index contributed by atoms with van der Waals surface area (Å²) in [6.07, 6.45) is 1.28. The van der Waals surface area contributed by atoms with E-state index in [0.717, 1.165) is 6.07 Å². The summed E-state index contributed by atoms with van der Waals surface area (Å²) in [5.41, 5.74) is -1.12. The van der Waals surface area contributed by atoms with Gasteiger partial charge in [-0.1, -0.05) is 12.1 Å². The molecular formula is C11H11N3O4S. The van der Waals surface area contributed by atoms with Gasteiger partial charge in [-0.3, -0.25) is 10.1 Å². The number of nitrogens with zero attached hydrogens (tertiary/aromatic N) is 2. The van der Waals surface area contributed by atoms with E-state index in [-0.39, 0.29) is 11.4 Å². The Hall–Kier alpha value is -1.98. The number of para-hydroxylation sites is 1. The SMILES string of the molecule is N#CC1(CNS(=O)(=O)c2ccccc2[N+](=O)[O-])CC1. The highest BCUT2D eigenvalue weighted by molar-refractivity contribution is 7.89. The second-order valence-corrected chi connectivity index (χ2v) is 6.18. The number of benzene rings is 1. The third kappa shape index (κ3) is 2.72. The van der Waals surface area contributed by atoms with Crippen LogP contribution in [0.3, 0.4) is 0 Å². The fraction of sp³-hybridized carbons (Fsp3) is 0.364. The lowest BCUT2D eigenvalue weighted by Gasteiger charge is -2.09. The first-order valence-electron chi connectivity index (χ1n) is 5.55. The highest BCUT2D eigenvalue weighted by Crippen LogP contribution is 2.44. The van der Waals surface area contributed by atoms with Gasteiger partial charge in [0.25, 0.3) is 5.69 Å². The molecule has 0 spiro atoms. The van der Waals surface area contributed by atoms with Crippen molar-refractivity contribution in [3.63, 3.8) is 0 Å². The Morgan fingerprint density at radius 1 is 1.42 bits per heavy atom. The predicted octanol–water partition coefficient (Wildman–Crippen LogP) is 1.18. The molecule has 8 heteroatoms. The minimum atomic E-state index is -3.98. The Morgan fingerprint density at radius 2 is 2.05 bits per heavy atom. The van der Waals surface area contributed by atoms with Gasteiger partial charge in [-0.2, -0.15) is 5.26 Å². The third-order valence-corrected chi connectivity index (χ3v) is 4.49. The average molecular weight is 281 g/mol. The molecule has 100 valence electrons. The number of sulfonamides is 1. The van der Waals surface area contributed by atoms with Crippen molar-refractivity contribution in [2.45, 2.75) is 17.7 Å². The molecular weight excluding hydrogens is 270 g/mol. The van der Waals surface area contributed by atoms with Crippen LogP contribution in [0.5, 0.6) is 0 Å². The van der Waals surface area contributed by atoms with Crippen LogP contribution >= 0.6 is 0 Å². The molecule has 0 bridgehead atoms. The van der Waals surface area contributed by atoms with E-state index in [2.05, 4.69) is 10.8 Å². The van der Waals surface area contributed by atoms with Crippen molar-refractivity contribution >= 4 is 15.7 Å². The van der Waals surface area contributed by atoms with Crippen LogP contribution in [0.15, 0.2) is 29.2 Å². The molecule has 0 saturated heterocycles. The molecule has 19 heavy (non-hydrogen) atoms.